The lowest BCUT2D eigenvalue weighted by Gasteiger charge is -2.10. The third kappa shape index (κ3) is 2.21. The molecule has 0 spiro atoms. The average molecular weight is 216 g/mol. The van der Waals surface area contributed by atoms with Gasteiger partial charge >= 0.3 is 0 Å². The van der Waals surface area contributed by atoms with E-state index >= 15 is 0 Å². The van der Waals surface area contributed by atoms with Crippen LogP contribution in [-0.2, 0) is 6.54 Å². The summed E-state index contributed by atoms with van der Waals surface area (Å²) < 4.78 is 2.10. The number of aryl methyl sites for hydroxylation is 2. The molecule has 4 heteroatoms. The first kappa shape index (κ1) is 10.7. The molecule has 0 bridgehead atoms. The minimum absolute atomic E-state index is 0.873. The van der Waals surface area contributed by atoms with Crippen molar-refractivity contribution in [2.24, 2.45) is 0 Å². The third-order valence-corrected chi connectivity index (χ3v) is 2.47. The van der Waals surface area contributed by atoms with Crippen molar-refractivity contribution in [3.8, 4) is 0 Å². The fourth-order valence-corrected chi connectivity index (χ4v) is 1.57. The van der Waals surface area contributed by atoms with Crippen LogP contribution in [0.5, 0.6) is 0 Å². The van der Waals surface area contributed by atoms with Crippen LogP contribution in [0.25, 0.3) is 0 Å². The number of aromatic nitrogens is 3. The second-order valence-corrected chi connectivity index (χ2v) is 3.76. The number of hydrogen-bond acceptors (Lipinski definition) is 3. The molecule has 0 fully saturated rings. The van der Waals surface area contributed by atoms with E-state index in [1.807, 2.05) is 24.7 Å². The second-order valence-electron chi connectivity index (χ2n) is 3.76. The normalized spacial score (nSPS) is 10.4. The van der Waals surface area contributed by atoms with Gasteiger partial charge in [-0.05, 0) is 25.0 Å². The molecular formula is C12H16N4. The monoisotopic (exact) mass is 216 g/mol. The van der Waals surface area contributed by atoms with Crippen molar-refractivity contribution in [1.29, 1.82) is 0 Å². The van der Waals surface area contributed by atoms with E-state index in [1.165, 1.54) is 5.56 Å². The molecule has 0 aliphatic heterocycles. The summed E-state index contributed by atoms with van der Waals surface area (Å²) in [6.45, 7) is 5.18. The zero-order valence-corrected chi connectivity index (χ0v) is 9.64. The quantitative estimate of drug-likeness (QED) is 0.854. The van der Waals surface area contributed by atoms with Gasteiger partial charge < -0.3 is 9.88 Å². The number of anilines is 2. The summed E-state index contributed by atoms with van der Waals surface area (Å²) in [4.78, 5) is 8.40. The van der Waals surface area contributed by atoms with E-state index in [1.54, 1.807) is 6.20 Å². The van der Waals surface area contributed by atoms with E-state index in [-0.39, 0.29) is 0 Å². The summed E-state index contributed by atoms with van der Waals surface area (Å²) in [5, 5.41) is 3.29. The number of imidazole rings is 1. The van der Waals surface area contributed by atoms with Gasteiger partial charge in [-0.1, -0.05) is 6.92 Å². The number of nitrogens with zero attached hydrogens (tertiary/aromatic N) is 3. The highest BCUT2D eigenvalue weighted by Gasteiger charge is 2.03. The molecule has 84 valence electrons. The summed E-state index contributed by atoms with van der Waals surface area (Å²) in [6.07, 6.45) is 8.50. The molecule has 2 aromatic heterocycles. The van der Waals surface area contributed by atoms with Crippen LogP contribution in [-0.4, -0.2) is 14.5 Å². The molecule has 2 heterocycles. The molecule has 0 saturated carbocycles. The van der Waals surface area contributed by atoms with E-state index in [0.29, 0.717) is 0 Å². The molecule has 2 rings (SSSR count). The first-order chi connectivity index (χ1) is 7.81. The van der Waals surface area contributed by atoms with Crippen LogP contribution in [0, 0.1) is 6.92 Å². The van der Waals surface area contributed by atoms with E-state index in [9.17, 15) is 0 Å². The summed E-state index contributed by atoms with van der Waals surface area (Å²) in [5.74, 6) is 0.873. The highest BCUT2D eigenvalue weighted by Crippen LogP contribution is 2.17. The molecule has 0 radical (unpaired) electrons. The topological polar surface area (TPSA) is 42.7 Å². The van der Waals surface area contributed by atoms with Gasteiger partial charge in [-0.2, -0.15) is 0 Å². The van der Waals surface area contributed by atoms with Crippen molar-refractivity contribution < 1.29 is 0 Å². The van der Waals surface area contributed by atoms with Crippen molar-refractivity contribution in [2.45, 2.75) is 26.8 Å². The largest absolute Gasteiger partial charge is 0.324 e. The SMILES string of the molecule is CCCn1ccnc1Nc1cnccc1C. The Morgan fingerprint density at radius 2 is 2.25 bits per heavy atom. The molecule has 0 aliphatic rings. The Hall–Kier alpha value is -1.84. The minimum Gasteiger partial charge on any atom is -0.324 e. The summed E-state index contributed by atoms with van der Waals surface area (Å²) in [7, 11) is 0. The Morgan fingerprint density at radius 1 is 1.38 bits per heavy atom. The Morgan fingerprint density at radius 3 is 3.00 bits per heavy atom. The van der Waals surface area contributed by atoms with Gasteiger partial charge in [0.2, 0.25) is 5.95 Å². The highest BCUT2D eigenvalue weighted by atomic mass is 15.2. The zero-order valence-electron chi connectivity index (χ0n) is 9.64. The van der Waals surface area contributed by atoms with Gasteiger partial charge in [0.05, 0.1) is 11.9 Å². The summed E-state index contributed by atoms with van der Waals surface area (Å²) in [6, 6.07) is 1.98. The fourth-order valence-electron chi connectivity index (χ4n) is 1.57. The second kappa shape index (κ2) is 4.79. The van der Waals surface area contributed by atoms with Crippen LogP contribution >= 0.6 is 0 Å². The van der Waals surface area contributed by atoms with Crippen molar-refractivity contribution in [2.75, 3.05) is 5.32 Å². The maximum absolute atomic E-state index is 4.30. The smallest absolute Gasteiger partial charge is 0.207 e. The van der Waals surface area contributed by atoms with E-state index < -0.39 is 0 Å². The third-order valence-electron chi connectivity index (χ3n) is 2.47. The van der Waals surface area contributed by atoms with Gasteiger partial charge in [0.25, 0.3) is 0 Å². The summed E-state index contributed by atoms with van der Waals surface area (Å²) >= 11 is 0. The predicted octanol–water partition coefficient (Wildman–Crippen LogP) is 2.74. The van der Waals surface area contributed by atoms with Crippen LogP contribution in [0.2, 0.25) is 0 Å². The Balaban J connectivity index is 2.20. The fraction of sp³-hybridized carbons (Fsp3) is 0.333. The van der Waals surface area contributed by atoms with E-state index in [4.69, 9.17) is 0 Å². The van der Waals surface area contributed by atoms with Gasteiger partial charge in [-0.15, -0.1) is 0 Å². The van der Waals surface area contributed by atoms with Crippen molar-refractivity contribution in [1.82, 2.24) is 14.5 Å². The van der Waals surface area contributed by atoms with Gasteiger partial charge in [-0.3, -0.25) is 4.98 Å². The highest BCUT2D eigenvalue weighted by molar-refractivity contribution is 5.56. The molecule has 0 aromatic carbocycles. The number of hydrogen-bond donors (Lipinski definition) is 1. The van der Waals surface area contributed by atoms with Crippen LogP contribution in [0.3, 0.4) is 0 Å². The first-order valence-electron chi connectivity index (χ1n) is 5.50. The molecule has 0 unspecified atom stereocenters. The summed E-state index contributed by atoms with van der Waals surface area (Å²) in [5.41, 5.74) is 2.17. The number of rotatable bonds is 4. The standard InChI is InChI=1S/C12H16N4/c1-3-7-16-8-6-14-12(16)15-11-9-13-5-4-10(11)2/h4-6,8-9H,3,7H2,1-2H3,(H,14,15). The van der Waals surface area contributed by atoms with Gasteiger partial charge in [0.1, 0.15) is 0 Å². The van der Waals surface area contributed by atoms with E-state index in [0.717, 1.165) is 24.6 Å². The lowest BCUT2D eigenvalue weighted by atomic mass is 10.2. The predicted molar refractivity (Wildman–Crippen MR) is 64.8 cm³/mol. The maximum atomic E-state index is 4.30. The lowest BCUT2D eigenvalue weighted by Crippen LogP contribution is -2.03. The van der Waals surface area contributed by atoms with Crippen LogP contribution in [0.4, 0.5) is 11.6 Å². The molecular weight excluding hydrogens is 200 g/mol. The first-order valence-corrected chi connectivity index (χ1v) is 5.50. The zero-order chi connectivity index (χ0) is 11.4. The molecule has 2 aromatic rings. The molecule has 0 saturated heterocycles. The van der Waals surface area contributed by atoms with Crippen LogP contribution in [0.15, 0.2) is 30.9 Å². The van der Waals surface area contributed by atoms with Gasteiger partial charge in [0, 0.05) is 25.1 Å². The van der Waals surface area contributed by atoms with E-state index in [2.05, 4.69) is 33.7 Å². The molecule has 16 heavy (non-hydrogen) atoms. The average Bonchev–Trinajstić information content (AvgIpc) is 2.70. The molecule has 0 amide bonds. The van der Waals surface area contributed by atoms with Crippen LogP contribution in [0.1, 0.15) is 18.9 Å². The maximum Gasteiger partial charge on any atom is 0.207 e. The molecule has 1 N–H and O–H groups in total. The molecule has 4 nitrogen and oxygen atoms in total. The number of pyridine rings is 1. The Kier molecular flexibility index (Phi) is 3.19. The number of nitrogens with one attached hydrogen (secondary N) is 1. The Labute approximate surface area is 95.4 Å². The van der Waals surface area contributed by atoms with Crippen molar-refractivity contribution >= 4 is 11.6 Å². The molecule has 0 aliphatic carbocycles. The van der Waals surface area contributed by atoms with Crippen molar-refractivity contribution in [3.05, 3.63) is 36.4 Å². The lowest BCUT2D eigenvalue weighted by molar-refractivity contribution is 0.686. The Bertz CT molecular complexity index is 462. The molecule has 0 atom stereocenters. The van der Waals surface area contributed by atoms with Gasteiger partial charge in [0.15, 0.2) is 0 Å². The minimum atomic E-state index is 0.873. The van der Waals surface area contributed by atoms with Gasteiger partial charge in [-0.25, -0.2) is 4.98 Å². The van der Waals surface area contributed by atoms with Crippen LogP contribution < -0.4 is 5.32 Å². The van der Waals surface area contributed by atoms with Crippen molar-refractivity contribution in [3.63, 3.8) is 0 Å².